The molecule has 0 aliphatic carbocycles. The molecule has 5 nitrogen and oxygen atoms in total. The van der Waals surface area contributed by atoms with Crippen molar-refractivity contribution in [3.8, 4) is 0 Å². The van der Waals surface area contributed by atoms with Crippen molar-refractivity contribution in [3.05, 3.63) is 76.1 Å². The monoisotopic (exact) mass is 423 g/mol. The van der Waals surface area contributed by atoms with Gasteiger partial charge in [-0.1, -0.05) is 41.9 Å². The highest BCUT2D eigenvalue weighted by molar-refractivity contribution is 7.89. The molecule has 148 valence electrons. The predicted octanol–water partition coefficient (Wildman–Crippen LogP) is 4.02. The second kappa shape index (κ2) is 8.03. The van der Waals surface area contributed by atoms with Gasteiger partial charge < -0.3 is 4.74 Å². The highest BCUT2D eigenvalue weighted by atomic mass is 35.5. The Morgan fingerprint density at radius 2 is 2.00 bits per heavy atom. The van der Waals surface area contributed by atoms with Crippen molar-refractivity contribution >= 4 is 27.6 Å². The lowest BCUT2D eigenvalue weighted by atomic mass is 9.99. The van der Waals surface area contributed by atoms with E-state index in [1.165, 1.54) is 24.3 Å². The summed E-state index contributed by atoms with van der Waals surface area (Å²) in [5.41, 5.74) is 1.49. The number of aryl methyl sites for hydroxylation is 1. The van der Waals surface area contributed by atoms with Gasteiger partial charge in [0.2, 0.25) is 10.0 Å². The Morgan fingerprint density at radius 1 is 1.29 bits per heavy atom. The number of carbonyl (C=O) groups excluding carboxylic acids is 1. The van der Waals surface area contributed by atoms with Crippen LogP contribution in [0.5, 0.6) is 0 Å². The first kappa shape index (κ1) is 20.5. The Balaban J connectivity index is 2.11. The minimum Gasteiger partial charge on any atom is -0.463 e. The van der Waals surface area contributed by atoms with E-state index in [-0.39, 0.29) is 18.7 Å². The normalized spacial score (nSPS) is 17.4. The van der Waals surface area contributed by atoms with Crippen LogP contribution in [0.25, 0.3) is 0 Å². The van der Waals surface area contributed by atoms with Crippen molar-refractivity contribution in [2.75, 3.05) is 13.2 Å². The molecule has 0 radical (unpaired) electrons. The largest absolute Gasteiger partial charge is 0.463 e. The number of halogens is 2. The van der Waals surface area contributed by atoms with Crippen LogP contribution in [-0.2, 0) is 19.6 Å². The molecule has 0 saturated carbocycles. The van der Waals surface area contributed by atoms with Crippen LogP contribution < -0.4 is 0 Å². The summed E-state index contributed by atoms with van der Waals surface area (Å²) in [6.45, 7) is 3.53. The Labute approximate surface area is 168 Å². The molecule has 0 amide bonds. The minimum absolute atomic E-state index is 0.0723. The second-order valence-electron chi connectivity index (χ2n) is 6.30. The molecular weight excluding hydrogens is 405 g/mol. The van der Waals surface area contributed by atoms with E-state index >= 15 is 0 Å². The van der Waals surface area contributed by atoms with Crippen LogP contribution in [0, 0.1) is 12.7 Å². The number of rotatable bonds is 5. The SMILES string of the molecule is CCOC(=O)C1=CCN(S(=O)(=O)c2ccccc2F)C1c1ccc(Cl)c(C)c1. The van der Waals surface area contributed by atoms with E-state index in [9.17, 15) is 17.6 Å². The quantitative estimate of drug-likeness (QED) is 0.681. The average molecular weight is 424 g/mol. The summed E-state index contributed by atoms with van der Waals surface area (Å²) in [6.07, 6.45) is 1.50. The van der Waals surface area contributed by atoms with E-state index in [4.69, 9.17) is 16.3 Å². The van der Waals surface area contributed by atoms with Crippen LogP contribution in [0.3, 0.4) is 0 Å². The van der Waals surface area contributed by atoms with E-state index in [1.54, 1.807) is 32.0 Å². The highest BCUT2D eigenvalue weighted by Gasteiger charge is 2.42. The maximum absolute atomic E-state index is 14.2. The zero-order valence-electron chi connectivity index (χ0n) is 15.4. The van der Waals surface area contributed by atoms with Gasteiger partial charge in [0.05, 0.1) is 18.2 Å². The molecule has 1 aliphatic rings. The first-order valence-corrected chi connectivity index (χ1v) is 10.5. The van der Waals surface area contributed by atoms with Crippen LogP contribution in [0.2, 0.25) is 5.02 Å². The smallest absolute Gasteiger partial charge is 0.335 e. The molecule has 0 spiro atoms. The van der Waals surface area contributed by atoms with Crippen molar-refractivity contribution in [3.63, 3.8) is 0 Å². The third-order valence-electron chi connectivity index (χ3n) is 4.51. The van der Waals surface area contributed by atoms with Crippen molar-refractivity contribution in [2.45, 2.75) is 24.8 Å². The van der Waals surface area contributed by atoms with Crippen LogP contribution >= 0.6 is 11.6 Å². The van der Waals surface area contributed by atoms with Crippen LogP contribution in [0.15, 0.2) is 59.0 Å². The number of hydrogen-bond acceptors (Lipinski definition) is 4. The topological polar surface area (TPSA) is 63.7 Å². The number of carbonyl (C=O) groups is 1. The van der Waals surface area contributed by atoms with Gasteiger partial charge >= 0.3 is 5.97 Å². The van der Waals surface area contributed by atoms with E-state index < -0.39 is 32.7 Å². The van der Waals surface area contributed by atoms with Crippen molar-refractivity contribution in [1.29, 1.82) is 0 Å². The molecule has 28 heavy (non-hydrogen) atoms. The molecule has 0 bridgehead atoms. The molecule has 2 aromatic rings. The maximum Gasteiger partial charge on any atom is 0.335 e. The summed E-state index contributed by atoms with van der Waals surface area (Å²) in [5.74, 6) is -1.45. The molecular formula is C20H19ClFNO4S. The Morgan fingerprint density at radius 3 is 2.64 bits per heavy atom. The summed E-state index contributed by atoms with van der Waals surface area (Å²) < 4.78 is 46.8. The molecule has 0 fully saturated rings. The van der Waals surface area contributed by atoms with Crippen LogP contribution in [0.4, 0.5) is 4.39 Å². The van der Waals surface area contributed by atoms with Gasteiger partial charge in [-0.05, 0) is 43.2 Å². The van der Waals surface area contributed by atoms with Crippen molar-refractivity contribution < 1.29 is 22.3 Å². The summed E-state index contributed by atoms with van der Waals surface area (Å²) in [4.78, 5) is 12.0. The Hall–Kier alpha value is -2.22. The zero-order chi connectivity index (χ0) is 20.5. The van der Waals surface area contributed by atoms with Gasteiger partial charge in [-0.25, -0.2) is 17.6 Å². The molecule has 2 aromatic carbocycles. The lowest BCUT2D eigenvalue weighted by Gasteiger charge is -2.27. The van der Waals surface area contributed by atoms with E-state index in [1.807, 2.05) is 0 Å². The second-order valence-corrected chi connectivity index (χ2v) is 8.56. The van der Waals surface area contributed by atoms with Gasteiger partial charge in [0, 0.05) is 11.6 Å². The number of ether oxygens (including phenoxy) is 1. The summed E-state index contributed by atoms with van der Waals surface area (Å²) in [5, 5.41) is 0.520. The first-order chi connectivity index (χ1) is 13.3. The number of sulfonamides is 1. The van der Waals surface area contributed by atoms with Crippen molar-refractivity contribution in [1.82, 2.24) is 4.31 Å². The fraction of sp³-hybridized carbons (Fsp3) is 0.250. The van der Waals surface area contributed by atoms with Gasteiger partial charge in [0.1, 0.15) is 10.7 Å². The first-order valence-electron chi connectivity index (χ1n) is 8.67. The summed E-state index contributed by atoms with van der Waals surface area (Å²) in [6, 6.07) is 9.24. The third-order valence-corrected chi connectivity index (χ3v) is 6.79. The van der Waals surface area contributed by atoms with E-state index in [2.05, 4.69) is 0 Å². The zero-order valence-corrected chi connectivity index (χ0v) is 16.9. The minimum atomic E-state index is -4.21. The van der Waals surface area contributed by atoms with Crippen LogP contribution in [0.1, 0.15) is 24.1 Å². The van der Waals surface area contributed by atoms with Gasteiger partial charge in [-0.3, -0.25) is 0 Å². The maximum atomic E-state index is 14.2. The molecule has 8 heteroatoms. The highest BCUT2D eigenvalue weighted by Crippen LogP contribution is 2.39. The van der Waals surface area contributed by atoms with Gasteiger partial charge in [0.25, 0.3) is 0 Å². The standard InChI is InChI=1S/C20H19ClFNO4S/c1-3-27-20(24)15-10-11-23(19(15)14-8-9-16(21)13(2)12-14)28(25,26)18-7-5-4-6-17(18)22/h4-10,12,19H,3,11H2,1-2H3. The van der Waals surface area contributed by atoms with E-state index in [0.717, 1.165) is 15.9 Å². The fourth-order valence-electron chi connectivity index (χ4n) is 3.17. The molecule has 0 aromatic heterocycles. The van der Waals surface area contributed by atoms with Gasteiger partial charge in [-0.15, -0.1) is 0 Å². The van der Waals surface area contributed by atoms with Gasteiger partial charge in [-0.2, -0.15) is 4.31 Å². The lowest BCUT2D eigenvalue weighted by Crippen LogP contribution is -2.34. The molecule has 1 aliphatic heterocycles. The molecule has 0 N–H and O–H groups in total. The predicted molar refractivity (Wildman–Crippen MR) is 104 cm³/mol. The number of esters is 1. The Bertz CT molecular complexity index is 1050. The van der Waals surface area contributed by atoms with Gasteiger partial charge in [0.15, 0.2) is 0 Å². The lowest BCUT2D eigenvalue weighted by molar-refractivity contribution is -0.138. The Kier molecular flexibility index (Phi) is 5.88. The fourth-order valence-corrected chi connectivity index (χ4v) is 4.89. The molecule has 0 saturated heterocycles. The molecule has 1 atom stereocenters. The summed E-state index contributed by atoms with van der Waals surface area (Å²) >= 11 is 6.09. The number of nitrogens with zero attached hydrogens (tertiary/aromatic N) is 1. The number of hydrogen-bond donors (Lipinski definition) is 0. The molecule has 1 heterocycles. The number of benzene rings is 2. The van der Waals surface area contributed by atoms with Crippen molar-refractivity contribution in [2.24, 2.45) is 0 Å². The summed E-state index contributed by atoms with van der Waals surface area (Å²) in [7, 11) is -4.21. The third kappa shape index (κ3) is 3.70. The average Bonchev–Trinajstić information content (AvgIpc) is 3.10. The van der Waals surface area contributed by atoms with Crippen LogP contribution in [-0.4, -0.2) is 31.8 Å². The molecule has 1 unspecified atom stereocenters. The molecule has 3 rings (SSSR count). The van der Waals surface area contributed by atoms with E-state index in [0.29, 0.717) is 10.6 Å².